The lowest BCUT2D eigenvalue weighted by Crippen LogP contribution is -2.51. The number of nitrogens with one attached hydrogen (secondary N) is 1. The zero-order valence-electron chi connectivity index (χ0n) is 15.9. The second kappa shape index (κ2) is 12.4. The van der Waals surface area contributed by atoms with E-state index in [4.69, 9.17) is 0 Å². The third-order valence-electron chi connectivity index (χ3n) is 5.53. The van der Waals surface area contributed by atoms with Gasteiger partial charge in [-0.25, -0.2) is 0 Å². The minimum atomic E-state index is 0.860. The number of nitrogens with zero attached hydrogens (tertiary/aromatic N) is 1. The van der Waals surface area contributed by atoms with Gasteiger partial charge in [-0.1, -0.05) is 72.1 Å². The molecule has 1 saturated heterocycles. The summed E-state index contributed by atoms with van der Waals surface area (Å²) in [6.07, 6.45) is 12.7. The molecular formula is C20H42N2. The smallest absolute Gasteiger partial charge is 0.00247 e. The van der Waals surface area contributed by atoms with Crippen LogP contribution >= 0.6 is 0 Å². The Hall–Kier alpha value is -0.0800. The summed E-state index contributed by atoms with van der Waals surface area (Å²) in [6.45, 7) is 12.3. The highest BCUT2D eigenvalue weighted by molar-refractivity contribution is 4.85. The fourth-order valence-corrected chi connectivity index (χ4v) is 3.83. The van der Waals surface area contributed by atoms with Gasteiger partial charge in [0, 0.05) is 19.6 Å². The van der Waals surface area contributed by atoms with Gasteiger partial charge in [-0.3, -0.25) is 0 Å². The molecule has 0 amide bonds. The highest BCUT2D eigenvalue weighted by atomic mass is 15.2. The first kappa shape index (κ1) is 20.0. The van der Waals surface area contributed by atoms with Gasteiger partial charge in [-0.2, -0.15) is 0 Å². The fourth-order valence-electron chi connectivity index (χ4n) is 3.83. The van der Waals surface area contributed by atoms with Crippen molar-refractivity contribution in [2.24, 2.45) is 17.8 Å². The Kier molecular flexibility index (Phi) is 11.2. The van der Waals surface area contributed by atoms with Crippen LogP contribution in [-0.2, 0) is 0 Å². The highest BCUT2D eigenvalue weighted by Crippen LogP contribution is 2.28. The molecule has 2 atom stereocenters. The van der Waals surface area contributed by atoms with Crippen molar-refractivity contribution in [2.45, 2.75) is 78.6 Å². The maximum absolute atomic E-state index is 3.41. The van der Waals surface area contributed by atoms with E-state index >= 15 is 0 Å². The molecule has 0 saturated carbocycles. The van der Waals surface area contributed by atoms with Crippen LogP contribution in [0.3, 0.4) is 0 Å². The topological polar surface area (TPSA) is 15.3 Å². The number of rotatable bonds is 14. The van der Waals surface area contributed by atoms with E-state index in [9.17, 15) is 0 Å². The minimum Gasteiger partial charge on any atom is -0.319 e. The molecule has 1 aliphatic rings. The molecule has 132 valence electrons. The van der Waals surface area contributed by atoms with Gasteiger partial charge in [0.15, 0.2) is 0 Å². The second-order valence-electron chi connectivity index (χ2n) is 7.72. The number of unbranched alkanes of at least 4 members (excludes halogenated alkanes) is 5. The molecule has 22 heavy (non-hydrogen) atoms. The Morgan fingerprint density at radius 1 is 0.955 bits per heavy atom. The van der Waals surface area contributed by atoms with Crippen LogP contribution in [0, 0.1) is 17.8 Å². The van der Waals surface area contributed by atoms with Crippen molar-refractivity contribution >= 4 is 0 Å². The normalized spacial score (nSPS) is 19.1. The molecule has 1 fully saturated rings. The molecule has 1 N–H and O–H groups in total. The number of hydrogen-bond donors (Lipinski definition) is 1. The van der Waals surface area contributed by atoms with E-state index in [1.165, 1.54) is 84.0 Å². The van der Waals surface area contributed by atoms with Crippen LogP contribution in [0.25, 0.3) is 0 Å². The summed E-state index contributed by atoms with van der Waals surface area (Å²) >= 11 is 0. The minimum absolute atomic E-state index is 0.860. The average molecular weight is 311 g/mol. The Morgan fingerprint density at radius 3 is 2.27 bits per heavy atom. The molecule has 0 bridgehead atoms. The molecule has 0 spiro atoms. The van der Waals surface area contributed by atoms with Crippen molar-refractivity contribution in [3.05, 3.63) is 0 Å². The third-order valence-corrected chi connectivity index (χ3v) is 5.53. The van der Waals surface area contributed by atoms with Crippen molar-refractivity contribution in [1.82, 2.24) is 10.2 Å². The lowest BCUT2D eigenvalue weighted by Gasteiger charge is -2.44. The molecule has 2 heteroatoms. The van der Waals surface area contributed by atoms with Crippen molar-refractivity contribution in [2.75, 3.05) is 33.2 Å². The molecule has 1 heterocycles. The van der Waals surface area contributed by atoms with Crippen LogP contribution < -0.4 is 5.32 Å². The number of likely N-dealkylation sites (tertiary alicyclic amines) is 1. The van der Waals surface area contributed by atoms with Gasteiger partial charge in [0.25, 0.3) is 0 Å². The van der Waals surface area contributed by atoms with E-state index < -0.39 is 0 Å². The summed E-state index contributed by atoms with van der Waals surface area (Å²) in [7, 11) is 2.11. The summed E-state index contributed by atoms with van der Waals surface area (Å²) in [5.41, 5.74) is 0. The van der Waals surface area contributed by atoms with Gasteiger partial charge in [0.2, 0.25) is 0 Å². The second-order valence-corrected chi connectivity index (χ2v) is 7.72. The molecule has 1 aliphatic heterocycles. The third kappa shape index (κ3) is 7.97. The Labute approximate surface area is 140 Å². The van der Waals surface area contributed by atoms with Crippen molar-refractivity contribution in [3.8, 4) is 0 Å². The molecule has 0 aromatic heterocycles. The van der Waals surface area contributed by atoms with E-state index in [-0.39, 0.29) is 0 Å². The first-order chi connectivity index (χ1) is 10.7. The van der Waals surface area contributed by atoms with Crippen molar-refractivity contribution in [3.63, 3.8) is 0 Å². The van der Waals surface area contributed by atoms with Crippen LogP contribution in [0.1, 0.15) is 78.6 Å². The van der Waals surface area contributed by atoms with E-state index in [2.05, 4.69) is 38.0 Å². The van der Waals surface area contributed by atoms with E-state index in [1.54, 1.807) is 0 Å². The summed E-state index contributed by atoms with van der Waals surface area (Å²) in [4.78, 5) is 2.71. The molecule has 1 rings (SSSR count). The highest BCUT2D eigenvalue weighted by Gasteiger charge is 2.31. The summed E-state index contributed by atoms with van der Waals surface area (Å²) in [6, 6.07) is 0. The van der Waals surface area contributed by atoms with Gasteiger partial charge in [-0.15, -0.1) is 0 Å². The van der Waals surface area contributed by atoms with Gasteiger partial charge in [0.1, 0.15) is 0 Å². The SMILES string of the molecule is CCCCCCCC(CNC)CN1CC(C(C)CCCC)C1. The van der Waals surface area contributed by atoms with Crippen LogP contribution in [0.5, 0.6) is 0 Å². The predicted molar refractivity (Wildman–Crippen MR) is 99.4 cm³/mol. The zero-order valence-corrected chi connectivity index (χ0v) is 15.9. The van der Waals surface area contributed by atoms with Gasteiger partial charge in [-0.05, 0) is 37.8 Å². The standard InChI is InChI=1S/C20H42N2/c1-5-7-9-10-11-13-19(14-21-4)15-22-16-20(17-22)18(3)12-8-6-2/h18-21H,5-17H2,1-4H3. The summed E-state index contributed by atoms with van der Waals surface area (Å²) < 4.78 is 0. The van der Waals surface area contributed by atoms with Crippen LogP contribution in [0.15, 0.2) is 0 Å². The van der Waals surface area contributed by atoms with E-state index in [0.717, 1.165) is 17.8 Å². The maximum Gasteiger partial charge on any atom is 0.00247 e. The maximum atomic E-state index is 3.41. The molecule has 0 aromatic rings. The van der Waals surface area contributed by atoms with Crippen LogP contribution in [0.4, 0.5) is 0 Å². The zero-order chi connectivity index (χ0) is 16.2. The van der Waals surface area contributed by atoms with E-state index in [0.29, 0.717) is 0 Å². The van der Waals surface area contributed by atoms with Crippen LogP contribution in [0.2, 0.25) is 0 Å². The van der Waals surface area contributed by atoms with Crippen molar-refractivity contribution < 1.29 is 0 Å². The lowest BCUT2D eigenvalue weighted by atomic mass is 9.83. The Balaban J connectivity index is 2.14. The van der Waals surface area contributed by atoms with Crippen molar-refractivity contribution in [1.29, 1.82) is 0 Å². The molecule has 0 aromatic carbocycles. The van der Waals surface area contributed by atoms with Gasteiger partial charge in [0.05, 0.1) is 0 Å². The monoisotopic (exact) mass is 310 g/mol. The van der Waals surface area contributed by atoms with Gasteiger partial charge >= 0.3 is 0 Å². The molecule has 0 aliphatic carbocycles. The largest absolute Gasteiger partial charge is 0.319 e. The van der Waals surface area contributed by atoms with E-state index in [1.807, 2.05) is 0 Å². The molecule has 0 radical (unpaired) electrons. The molecular weight excluding hydrogens is 268 g/mol. The first-order valence-corrected chi connectivity index (χ1v) is 10.1. The van der Waals surface area contributed by atoms with Gasteiger partial charge < -0.3 is 10.2 Å². The molecule has 2 nitrogen and oxygen atoms in total. The first-order valence-electron chi connectivity index (χ1n) is 10.1. The fraction of sp³-hybridized carbons (Fsp3) is 1.00. The number of hydrogen-bond acceptors (Lipinski definition) is 2. The lowest BCUT2D eigenvalue weighted by molar-refractivity contribution is 0.0437. The van der Waals surface area contributed by atoms with Crippen LogP contribution in [-0.4, -0.2) is 38.1 Å². The predicted octanol–water partition coefficient (Wildman–Crippen LogP) is 4.94. The average Bonchev–Trinajstić information content (AvgIpc) is 2.47. The Morgan fingerprint density at radius 2 is 1.64 bits per heavy atom. The summed E-state index contributed by atoms with van der Waals surface area (Å²) in [5.74, 6) is 2.78. The molecule has 2 unspecified atom stereocenters. The summed E-state index contributed by atoms with van der Waals surface area (Å²) in [5, 5.41) is 3.41. The Bertz CT molecular complexity index is 248. The quantitative estimate of drug-likeness (QED) is 0.457.